The molecule has 4 heteroatoms. The van der Waals surface area contributed by atoms with Crippen LogP contribution in [0.25, 0.3) is 43.8 Å². The molecule has 27 heavy (non-hydrogen) atoms. The molecular formula is C23H16O4. The van der Waals surface area contributed by atoms with Crippen molar-refractivity contribution < 1.29 is 19.4 Å². The smallest absolute Gasteiger partial charge is 0.161 e. The van der Waals surface area contributed by atoms with E-state index in [4.69, 9.17) is 9.15 Å². The number of phenols is 2. The number of ether oxygens (including phenoxy) is 1. The van der Waals surface area contributed by atoms with Crippen LogP contribution in [0.3, 0.4) is 0 Å². The van der Waals surface area contributed by atoms with Gasteiger partial charge in [-0.15, -0.1) is 0 Å². The molecule has 0 aliphatic heterocycles. The van der Waals surface area contributed by atoms with Gasteiger partial charge in [0.25, 0.3) is 0 Å². The molecule has 0 spiro atoms. The molecule has 0 saturated heterocycles. The Morgan fingerprint density at radius 1 is 0.741 bits per heavy atom. The third-order valence-corrected chi connectivity index (χ3v) is 4.98. The topological polar surface area (TPSA) is 62.8 Å². The molecule has 5 rings (SSSR count). The number of phenolic OH excluding ortho intramolecular Hbond substituents is 2. The second-order valence-electron chi connectivity index (χ2n) is 6.51. The largest absolute Gasteiger partial charge is 0.504 e. The summed E-state index contributed by atoms with van der Waals surface area (Å²) in [5.74, 6) is 0.448. The van der Waals surface area contributed by atoms with Gasteiger partial charge in [-0.25, -0.2) is 0 Å². The van der Waals surface area contributed by atoms with E-state index in [2.05, 4.69) is 12.1 Å². The lowest BCUT2D eigenvalue weighted by molar-refractivity contribution is 0.404. The molecule has 0 aliphatic rings. The van der Waals surface area contributed by atoms with Crippen LogP contribution in [0.2, 0.25) is 0 Å². The van der Waals surface area contributed by atoms with E-state index in [-0.39, 0.29) is 11.5 Å². The van der Waals surface area contributed by atoms with Crippen molar-refractivity contribution in [1.29, 1.82) is 0 Å². The number of aromatic hydroxyl groups is 2. The first-order valence-electron chi connectivity index (χ1n) is 8.60. The molecule has 2 N–H and O–H groups in total. The van der Waals surface area contributed by atoms with Crippen LogP contribution in [0, 0.1) is 0 Å². The summed E-state index contributed by atoms with van der Waals surface area (Å²) in [7, 11) is 1.65. The van der Waals surface area contributed by atoms with Crippen molar-refractivity contribution in [2.75, 3.05) is 7.11 Å². The first-order chi connectivity index (χ1) is 13.2. The standard InChI is InChI=1S/C23H16O4/c1-26-14-8-6-13(7-9-14)17-10-19-18-11-20(24)21(25)12-22(18)27-23(19)16-5-3-2-4-15(16)17/h2-12,24-25H,1H3. The maximum Gasteiger partial charge on any atom is 0.161 e. The number of methoxy groups -OCH3 is 1. The van der Waals surface area contributed by atoms with Gasteiger partial charge in [0.1, 0.15) is 16.9 Å². The third-order valence-electron chi connectivity index (χ3n) is 4.98. The Morgan fingerprint density at radius 2 is 1.44 bits per heavy atom. The molecule has 0 unspecified atom stereocenters. The first-order valence-corrected chi connectivity index (χ1v) is 8.60. The number of rotatable bonds is 2. The molecule has 132 valence electrons. The number of furan rings is 1. The molecular weight excluding hydrogens is 340 g/mol. The number of hydrogen-bond acceptors (Lipinski definition) is 4. The quantitative estimate of drug-likeness (QED) is 0.391. The predicted molar refractivity (Wildman–Crippen MR) is 107 cm³/mol. The Kier molecular flexibility index (Phi) is 3.28. The average Bonchev–Trinajstić information content (AvgIpc) is 3.05. The Hall–Kier alpha value is -3.66. The van der Waals surface area contributed by atoms with Gasteiger partial charge in [0, 0.05) is 22.2 Å². The molecule has 0 bridgehead atoms. The molecule has 1 heterocycles. The summed E-state index contributed by atoms with van der Waals surface area (Å²) in [6.45, 7) is 0. The van der Waals surface area contributed by atoms with Gasteiger partial charge in [-0.3, -0.25) is 0 Å². The van der Waals surface area contributed by atoms with Crippen molar-refractivity contribution in [1.82, 2.24) is 0 Å². The van der Waals surface area contributed by atoms with Gasteiger partial charge in [0.05, 0.1) is 7.11 Å². The van der Waals surface area contributed by atoms with E-state index in [0.717, 1.165) is 44.0 Å². The highest BCUT2D eigenvalue weighted by Crippen LogP contribution is 2.42. The summed E-state index contributed by atoms with van der Waals surface area (Å²) in [6.07, 6.45) is 0. The van der Waals surface area contributed by atoms with Crippen LogP contribution in [0.15, 0.2) is 71.1 Å². The molecule has 4 aromatic carbocycles. The lowest BCUT2D eigenvalue weighted by atomic mass is 9.95. The summed E-state index contributed by atoms with van der Waals surface area (Å²) < 4.78 is 11.3. The minimum atomic E-state index is -0.193. The Labute approximate surface area is 154 Å². The van der Waals surface area contributed by atoms with Gasteiger partial charge in [-0.2, -0.15) is 0 Å². The molecule has 0 fully saturated rings. The molecule has 5 aromatic rings. The van der Waals surface area contributed by atoms with Gasteiger partial charge >= 0.3 is 0 Å². The summed E-state index contributed by atoms with van der Waals surface area (Å²) in [4.78, 5) is 0. The molecule has 0 saturated carbocycles. The zero-order chi connectivity index (χ0) is 18.5. The van der Waals surface area contributed by atoms with Crippen LogP contribution in [0.1, 0.15) is 0 Å². The van der Waals surface area contributed by atoms with E-state index >= 15 is 0 Å². The van der Waals surface area contributed by atoms with Crippen LogP contribution in [0.5, 0.6) is 17.2 Å². The van der Waals surface area contributed by atoms with Crippen LogP contribution in [0.4, 0.5) is 0 Å². The average molecular weight is 356 g/mol. The first kappa shape index (κ1) is 15.6. The van der Waals surface area contributed by atoms with Crippen molar-refractivity contribution >= 4 is 32.7 Å². The summed E-state index contributed by atoms with van der Waals surface area (Å²) in [6, 6.07) is 21.1. The fourth-order valence-corrected chi connectivity index (χ4v) is 3.63. The monoisotopic (exact) mass is 356 g/mol. The van der Waals surface area contributed by atoms with Gasteiger partial charge in [-0.05, 0) is 40.8 Å². The maximum atomic E-state index is 9.95. The predicted octanol–water partition coefficient (Wildman–Crippen LogP) is 5.83. The Balaban J connectivity index is 1.91. The molecule has 1 aromatic heterocycles. The minimum Gasteiger partial charge on any atom is -0.504 e. The van der Waals surface area contributed by atoms with Crippen LogP contribution in [-0.2, 0) is 0 Å². The molecule has 0 atom stereocenters. The molecule has 0 radical (unpaired) electrons. The molecule has 4 nitrogen and oxygen atoms in total. The zero-order valence-corrected chi connectivity index (χ0v) is 14.6. The lowest BCUT2D eigenvalue weighted by Gasteiger charge is -2.09. The third kappa shape index (κ3) is 2.30. The van der Waals surface area contributed by atoms with Crippen molar-refractivity contribution in [3.8, 4) is 28.4 Å². The van der Waals surface area contributed by atoms with E-state index in [1.54, 1.807) is 13.2 Å². The van der Waals surface area contributed by atoms with Crippen LogP contribution in [-0.4, -0.2) is 17.3 Å². The van der Waals surface area contributed by atoms with Crippen molar-refractivity contribution in [2.45, 2.75) is 0 Å². The van der Waals surface area contributed by atoms with Crippen molar-refractivity contribution in [2.24, 2.45) is 0 Å². The van der Waals surface area contributed by atoms with Crippen LogP contribution < -0.4 is 4.74 Å². The van der Waals surface area contributed by atoms with E-state index < -0.39 is 0 Å². The van der Waals surface area contributed by atoms with Gasteiger partial charge in [-0.1, -0.05) is 36.4 Å². The summed E-state index contributed by atoms with van der Waals surface area (Å²) >= 11 is 0. The fourth-order valence-electron chi connectivity index (χ4n) is 3.63. The second kappa shape index (κ2) is 5.68. The summed E-state index contributed by atoms with van der Waals surface area (Å²) in [5, 5.41) is 23.5. The Bertz CT molecular complexity index is 1310. The number of benzene rings is 4. The minimum absolute atomic E-state index is 0.163. The fraction of sp³-hybridized carbons (Fsp3) is 0.0435. The lowest BCUT2D eigenvalue weighted by Crippen LogP contribution is -1.85. The second-order valence-corrected chi connectivity index (χ2v) is 6.51. The number of fused-ring (bicyclic) bond motifs is 5. The maximum absolute atomic E-state index is 9.95. The van der Waals surface area contributed by atoms with E-state index in [1.165, 1.54) is 6.07 Å². The van der Waals surface area contributed by atoms with Gasteiger partial charge < -0.3 is 19.4 Å². The van der Waals surface area contributed by atoms with Gasteiger partial charge in [0.15, 0.2) is 11.5 Å². The molecule has 0 amide bonds. The number of hydrogen-bond donors (Lipinski definition) is 2. The Morgan fingerprint density at radius 3 is 2.19 bits per heavy atom. The summed E-state index contributed by atoms with van der Waals surface area (Å²) in [5.41, 5.74) is 3.41. The van der Waals surface area contributed by atoms with E-state index in [1.807, 2.05) is 42.5 Å². The zero-order valence-electron chi connectivity index (χ0n) is 14.6. The van der Waals surface area contributed by atoms with E-state index in [9.17, 15) is 10.2 Å². The van der Waals surface area contributed by atoms with Crippen molar-refractivity contribution in [3.05, 3.63) is 66.7 Å². The highest BCUT2D eigenvalue weighted by molar-refractivity contribution is 6.19. The van der Waals surface area contributed by atoms with Gasteiger partial charge in [0.2, 0.25) is 0 Å². The molecule has 0 aliphatic carbocycles. The normalized spacial score (nSPS) is 11.4. The van der Waals surface area contributed by atoms with E-state index in [0.29, 0.717) is 5.58 Å². The SMILES string of the molecule is COc1ccc(-c2cc3c4cc(O)c(O)cc4oc3c3ccccc23)cc1. The van der Waals surface area contributed by atoms with Crippen molar-refractivity contribution in [3.63, 3.8) is 0 Å². The van der Waals surface area contributed by atoms with Crippen LogP contribution >= 0.6 is 0 Å². The highest BCUT2D eigenvalue weighted by atomic mass is 16.5. The highest BCUT2D eigenvalue weighted by Gasteiger charge is 2.16.